The second kappa shape index (κ2) is 5.14. The van der Waals surface area contributed by atoms with Crippen LogP contribution in [0.2, 0.25) is 0 Å². The van der Waals surface area contributed by atoms with Crippen LogP contribution in [0.1, 0.15) is 24.1 Å². The first-order valence-corrected chi connectivity index (χ1v) is 5.89. The monoisotopic (exact) mass is 233 g/mol. The van der Waals surface area contributed by atoms with Gasteiger partial charge in [0.25, 0.3) is 0 Å². The molecular weight excluding hydrogens is 214 g/mol. The van der Waals surface area contributed by atoms with Gasteiger partial charge in [-0.05, 0) is 12.5 Å². The summed E-state index contributed by atoms with van der Waals surface area (Å²) in [5, 5.41) is 7.80. The predicted octanol–water partition coefficient (Wildman–Crippen LogP) is 1.01. The van der Waals surface area contributed by atoms with E-state index in [0.29, 0.717) is 0 Å². The van der Waals surface area contributed by atoms with Crippen LogP contribution in [0.4, 0.5) is 0 Å². The SMILES string of the molecule is CCc1cc(CNCc2nccn2C)n(C)n1. The van der Waals surface area contributed by atoms with Crippen LogP contribution in [0.15, 0.2) is 18.5 Å². The number of aryl methyl sites for hydroxylation is 3. The number of nitrogens with zero attached hydrogens (tertiary/aromatic N) is 4. The Morgan fingerprint density at radius 3 is 2.71 bits per heavy atom. The molecule has 0 fully saturated rings. The molecule has 0 bridgehead atoms. The van der Waals surface area contributed by atoms with E-state index in [1.165, 1.54) is 5.69 Å². The van der Waals surface area contributed by atoms with Crippen LogP contribution >= 0.6 is 0 Å². The molecule has 0 aromatic carbocycles. The molecular formula is C12H19N5. The standard InChI is InChI=1S/C12H19N5/c1-4-10-7-11(17(3)15-10)8-13-9-12-14-5-6-16(12)2/h5-7,13H,4,8-9H2,1-3H3. The summed E-state index contributed by atoms with van der Waals surface area (Å²) < 4.78 is 3.96. The van der Waals surface area contributed by atoms with Gasteiger partial charge < -0.3 is 9.88 Å². The molecule has 2 heterocycles. The zero-order chi connectivity index (χ0) is 12.3. The van der Waals surface area contributed by atoms with Gasteiger partial charge in [0.15, 0.2) is 0 Å². The summed E-state index contributed by atoms with van der Waals surface area (Å²) in [4.78, 5) is 4.27. The molecule has 92 valence electrons. The van der Waals surface area contributed by atoms with Crippen molar-refractivity contribution in [1.82, 2.24) is 24.6 Å². The van der Waals surface area contributed by atoms with Gasteiger partial charge in [-0.2, -0.15) is 5.10 Å². The zero-order valence-electron chi connectivity index (χ0n) is 10.6. The van der Waals surface area contributed by atoms with E-state index in [1.54, 1.807) is 0 Å². The van der Waals surface area contributed by atoms with Gasteiger partial charge in [-0.25, -0.2) is 4.98 Å². The Kier molecular flexibility index (Phi) is 3.58. The van der Waals surface area contributed by atoms with E-state index in [9.17, 15) is 0 Å². The van der Waals surface area contributed by atoms with Gasteiger partial charge in [0, 0.05) is 33.0 Å². The van der Waals surface area contributed by atoms with Crippen molar-refractivity contribution in [2.45, 2.75) is 26.4 Å². The van der Waals surface area contributed by atoms with Gasteiger partial charge in [-0.1, -0.05) is 6.92 Å². The number of rotatable bonds is 5. The van der Waals surface area contributed by atoms with Crippen molar-refractivity contribution in [3.05, 3.63) is 35.7 Å². The first-order chi connectivity index (χ1) is 8.20. The Hall–Kier alpha value is -1.62. The van der Waals surface area contributed by atoms with E-state index in [4.69, 9.17) is 0 Å². The molecule has 0 unspecified atom stereocenters. The fourth-order valence-electron chi connectivity index (χ4n) is 1.78. The Bertz CT molecular complexity index is 483. The third kappa shape index (κ3) is 2.74. The first-order valence-electron chi connectivity index (χ1n) is 5.89. The Morgan fingerprint density at radius 2 is 2.12 bits per heavy atom. The van der Waals surface area contributed by atoms with Crippen molar-refractivity contribution in [2.75, 3.05) is 0 Å². The van der Waals surface area contributed by atoms with E-state index >= 15 is 0 Å². The van der Waals surface area contributed by atoms with Crippen molar-refractivity contribution in [1.29, 1.82) is 0 Å². The number of nitrogens with one attached hydrogen (secondary N) is 1. The van der Waals surface area contributed by atoms with E-state index < -0.39 is 0 Å². The minimum absolute atomic E-state index is 0.774. The summed E-state index contributed by atoms with van der Waals surface area (Å²) >= 11 is 0. The lowest BCUT2D eigenvalue weighted by Gasteiger charge is -2.05. The molecule has 5 heteroatoms. The second-order valence-corrected chi connectivity index (χ2v) is 4.16. The fraction of sp³-hybridized carbons (Fsp3) is 0.500. The molecule has 0 atom stereocenters. The summed E-state index contributed by atoms with van der Waals surface area (Å²) in [5.41, 5.74) is 2.34. The van der Waals surface area contributed by atoms with Gasteiger partial charge in [-0.3, -0.25) is 4.68 Å². The van der Waals surface area contributed by atoms with Gasteiger partial charge in [-0.15, -0.1) is 0 Å². The molecule has 2 rings (SSSR count). The molecule has 0 saturated heterocycles. The molecule has 0 aliphatic heterocycles. The van der Waals surface area contributed by atoms with Crippen LogP contribution in [-0.4, -0.2) is 19.3 Å². The maximum Gasteiger partial charge on any atom is 0.122 e. The second-order valence-electron chi connectivity index (χ2n) is 4.16. The van der Waals surface area contributed by atoms with E-state index in [0.717, 1.165) is 31.0 Å². The molecule has 0 spiro atoms. The summed E-state index contributed by atoms with van der Waals surface area (Å²) in [6.07, 6.45) is 4.75. The maximum absolute atomic E-state index is 4.42. The zero-order valence-corrected chi connectivity index (χ0v) is 10.6. The molecule has 2 aromatic heterocycles. The van der Waals surface area contributed by atoms with Gasteiger partial charge >= 0.3 is 0 Å². The third-order valence-corrected chi connectivity index (χ3v) is 2.90. The number of aromatic nitrogens is 4. The average Bonchev–Trinajstić information content (AvgIpc) is 2.87. The molecule has 0 aliphatic rings. The fourth-order valence-corrected chi connectivity index (χ4v) is 1.78. The smallest absolute Gasteiger partial charge is 0.122 e. The number of hydrogen-bond donors (Lipinski definition) is 1. The third-order valence-electron chi connectivity index (χ3n) is 2.90. The average molecular weight is 233 g/mol. The van der Waals surface area contributed by atoms with Crippen LogP contribution in [0.3, 0.4) is 0 Å². The largest absolute Gasteiger partial charge is 0.337 e. The Balaban J connectivity index is 1.90. The topological polar surface area (TPSA) is 47.7 Å². The number of hydrogen-bond acceptors (Lipinski definition) is 3. The van der Waals surface area contributed by atoms with Crippen molar-refractivity contribution < 1.29 is 0 Å². The van der Waals surface area contributed by atoms with Crippen LogP contribution in [0.25, 0.3) is 0 Å². The molecule has 5 nitrogen and oxygen atoms in total. The van der Waals surface area contributed by atoms with Crippen molar-refractivity contribution in [3.63, 3.8) is 0 Å². The number of imidazole rings is 1. The highest BCUT2D eigenvalue weighted by molar-refractivity contribution is 5.10. The lowest BCUT2D eigenvalue weighted by molar-refractivity contribution is 0.598. The summed E-state index contributed by atoms with van der Waals surface area (Å²) in [6.45, 7) is 3.71. The lowest BCUT2D eigenvalue weighted by atomic mass is 10.3. The highest BCUT2D eigenvalue weighted by atomic mass is 15.3. The predicted molar refractivity (Wildman–Crippen MR) is 66.3 cm³/mol. The van der Waals surface area contributed by atoms with Gasteiger partial charge in [0.05, 0.1) is 17.9 Å². The highest BCUT2D eigenvalue weighted by Gasteiger charge is 2.04. The molecule has 17 heavy (non-hydrogen) atoms. The van der Waals surface area contributed by atoms with E-state index in [2.05, 4.69) is 28.4 Å². The molecule has 0 amide bonds. The van der Waals surface area contributed by atoms with E-state index in [-0.39, 0.29) is 0 Å². The van der Waals surface area contributed by atoms with Gasteiger partial charge in [0.2, 0.25) is 0 Å². The molecule has 2 aromatic rings. The van der Waals surface area contributed by atoms with Crippen LogP contribution in [0.5, 0.6) is 0 Å². The maximum atomic E-state index is 4.42. The first kappa shape index (κ1) is 11.9. The summed E-state index contributed by atoms with van der Waals surface area (Å²) in [6, 6.07) is 2.14. The van der Waals surface area contributed by atoms with Crippen molar-refractivity contribution >= 4 is 0 Å². The van der Waals surface area contributed by atoms with E-state index in [1.807, 2.05) is 35.7 Å². The minimum Gasteiger partial charge on any atom is -0.337 e. The van der Waals surface area contributed by atoms with Gasteiger partial charge in [0.1, 0.15) is 5.82 Å². The molecule has 0 radical (unpaired) electrons. The molecule has 1 N–H and O–H groups in total. The quantitative estimate of drug-likeness (QED) is 0.838. The summed E-state index contributed by atoms with van der Waals surface area (Å²) in [7, 11) is 3.99. The van der Waals surface area contributed by atoms with Crippen LogP contribution in [0, 0.1) is 0 Å². The van der Waals surface area contributed by atoms with Crippen molar-refractivity contribution in [2.24, 2.45) is 14.1 Å². The minimum atomic E-state index is 0.774. The Morgan fingerprint density at radius 1 is 1.29 bits per heavy atom. The lowest BCUT2D eigenvalue weighted by Crippen LogP contribution is -2.17. The molecule has 0 aliphatic carbocycles. The van der Waals surface area contributed by atoms with Crippen LogP contribution in [-0.2, 0) is 33.6 Å². The van der Waals surface area contributed by atoms with Crippen molar-refractivity contribution in [3.8, 4) is 0 Å². The highest BCUT2D eigenvalue weighted by Crippen LogP contribution is 2.03. The van der Waals surface area contributed by atoms with Crippen LogP contribution < -0.4 is 5.32 Å². The Labute approximate surface area is 101 Å². The molecule has 0 saturated carbocycles. The normalized spacial score (nSPS) is 11.0. The summed E-state index contributed by atoms with van der Waals surface area (Å²) in [5.74, 6) is 1.04.